The molecule has 0 aromatic heterocycles. The lowest BCUT2D eigenvalue weighted by Gasteiger charge is -2.37. The van der Waals surface area contributed by atoms with Crippen LogP contribution in [0.3, 0.4) is 0 Å². The third-order valence-electron chi connectivity index (χ3n) is 7.50. The van der Waals surface area contributed by atoms with Gasteiger partial charge in [-0.05, 0) is 61.3 Å². The van der Waals surface area contributed by atoms with E-state index in [9.17, 15) is 14.4 Å². The number of amides is 2. The monoisotopic (exact) mass is 413 g/mol. The molecule has 0 spiro atoms. The fraction of sp³-hybridized carbons (Fsp3) is 0.346. The normalized spacial score (nSPS) is 33.1. The Morgan fingerprint density at radius 2 is 1.48 bits per heavy atom. The maximum Gasteiger partial charge on any atom is 0.238 e. The predicted octanol–water partition coefficient (Wildman–Crippen LogP) is 3.89. The number of ether oxygens (including phenoxy) is 1. The third kappa shape index (κ3) is 2.72. The summed E-state index contributed by atoms with van der Waals surface area (Å²) in [5, 5.41) is 0. The van der Waals surface area contributed by atoms with Crippen LogP contribution in [0.2, 0.25) is 0 Å². The SMILES string of the molecule is C[C@H](Oc1ccc(N2C(=O)[C@@H]3[C@@H]4C=C[C@H]([C@H]5C[C@H]45)[C@@H]3C2=O)cc1)C(=O)c1ccccc1. The van der Waals surface area contributed by atoms with Crippen molar-refractivity contribution < 1.29 is 19.1 Å². The number of Topliss-reactive ketones (excluding diaryl/α,β-unsaturated/α-hetero) is 1. The van der Waals surface area contributed by atoms with Crippen LogP contribution in [-0.4, -0.2) is 23.7 Å². The zero-order valence-electron chi connectivity index (χ0n) is 17.2. The van der Waals surface area contributed by atoms with E-state index in [1.165, 1.54) is 4.90 Å². The van der Waals surface area contributed by atoms with E-state index in [1.54, 1.807) is 43.3 Å². The lowest BCUT2D eigenvalue weighted by molar-refractivity contribution is -0.124. The molecule has 7 rings (SSSR count). The maximum atomic E-state index is 13.2. The minimum atomic E-state index is -0.639. The summed E-state index contributed by atoms with van der Waals surface area (Å²) >= 11 is 0. The van der Waals surface area contributed by atoms with Crippen molar-refractivity contribution in [1.29, 1.82) is 0 Å². The minimum absolute atomic E-state index is 0.0685. The van der Waals surface area contributed by atoms with Gasteiger partial charge in [0.2, 0.25) is 17.6 Å². The van der Waals surface area contributed by atoms with E-state index in [-0.39, 0.29) is 41.3 Å². The largest absolute Gasteiger partial charge is 0.483 e. The van der Waals surface area contributed by atoms with Crippen molar-refractivity contribution in [3.05, 3.63) is 72.3 Å². The molecule has 2 saturated carbocycles. The first-order valence-electron chi connectivity index (χ1n) is 11.0. The van der Waals surface area contributed by atoms with Gasteiger partial charge in [0, 0.05) is 5.56 Å². The van der Waals surface area contributed by atoms with E-state index < -0.39 is 6.10 Å². The van der Waals surface area contributed by atoms with Crippen LogP contribution in [0.1, 0.15) is 23.7 Å². The van der Waals surface area contributed by atoms with Crippen LogP contribution in [-0.2, 0) is 9.59 Å². The highest BCUT2D eigenvalue weighted by Crippen LogP contribution is 2.65. The van der Waals surface area contributed by atoms with Crippen molar-refractivity contribution in [2.75, 3.05) is 4.90 Å². The van der Waals surface area contributed by atoms with Gasteiger partial charge in [0.25, 0.3) is 0 Å². The Hall–Kier alpha value is -3.21. The van der Waals surface area contributed by atoms with Gasteiger partial charge in [-0.25, -0.2) is 0 Å². The number of carbonyl (C=O) groups is 3. The zero-order valence-corrected chi connectivity index (χ0v) is 17.2. The van der Waals surface area contributed by atoms with Crippen molar-refractivity contribution in [3.63, 3.8) is 0 Å². The minimum Gasteiger partial charge on any atom is -0.483 e. The van der Waals surface area contributed by atoms with Gasteiger partial charge >= 0.3 is 0 Å². The van der Waals surface area contributed by atoms with Gasteiger partial charge in [-0.1, -0.05) is 42.5 Å². The fourth-order valence-electron chi connectivity index (χ4n) is 5.98. The summed E-state index contributed by atoms with van der Waals surface area (Å²) in [6.45, 7) is 1.72. The molecule has 1 saturated heterocycles. The molecule has 0 N–H and O–H groups in total. The summed E-state index contributed by atoms with van der Waals surface area (Å²) in [5.41, 5.74) is 1.18. The van der Waals surface area contributed by atoms with Crippen molar-refractivity contribution in [1.82, 2.24) is 0 Å². The van der Waals surface area contributed by atoms with Gasteiger partial charge in [0.05, 0.1) is 17.5 Å². The number of anilines is 1. The Balaban J connectivity index is 1.19. The number of nitrogens with zero attached hydrogens (tertiary/aromatic N) is 1. The quantitative estimate of drug-likeness (QED) is 0.424. The van der Waals surface area contributed by atoms with Crippen LogP contribution >= 0.6 is 0 Å². The molecule has 2 amide bonds. The number of carbonyl (C=O) groups excluding carboxylic acids is 3. The number of ketones is 1. The molecule has 3 fully saturated rings. The van der Waals surface area contributed by atoms with Gasteiger partial charge in [-0.15, -0.1) is 0 Å². The molecule has 1 aliphatic heterocycles. The topological polar surface area (TPSA) is 63.7 Å². The molecule has 5 nitrogen and oxygen atoms in total. The second-order valence-corrected chi connectivity index (χ2v) is 9.15. The number of hydrogen-bond acceptors (Lipinski definition) is 4. The van der Waals surface area contributed by atoms with Gasteiger partial charge in [-0.3, -0.25) is 19.3 Å². The van der Waals surface area contributed by atoms with E-state index in [1.807, 2.05) is 18.2 Å². The molecule has 5 aliphatic rings. The molecule has 2 bridgehead atoms. The van der Waals surface area contributed by atoms with Crippen LogP contribution in [0.15, 0.2) is 66.7 Å². The number of rotatable bonds is 5. The summed E-state index contributed by atoms with van der Waals surface area (Å²) in [4.78, 5) is 40.3. The Bertz CT molecular complexity index is 1070. The second kappa shape index (κ2) is 6.64. The van der Waals surface area contributed by atoms with Crippen molar-refractivity contribution in [3.8, 4) is 5.75 Å². The molecule has 31 heavy (non-hydrogen) atoms. The number of benzene rings is 2. The van der Waals surface area contributed by atoms with E-state index in [0.29, 0.717) is 28.8 Å². The number of allylic oxidation sites excluding steroid dienone is 2. The summed E-state index contributed by atoms with van der Waals surface area (Å²) in [5.74, 6) is 1.50. The van der Waals surface area contributed by atoms with E-state index >= 15 is 0 Å². The van der Waals surface area contributed by atoms with Gasteiger partial charge < -0.3 is 4.74 Å². The second-order valence-electron chi connectivity index (χ2n) is 9.15. The average molecular weight is 413 g/mol. The Labute approximate surface area is 180 Å². The molecular weight excluding hydrogens is 390 g/mol. The molecular formula is C26H23NO4. The van der Waals surface area contributed by atoms with E-state index in [4.69, 9.17) is 4.74 Å². The van der Waals surface area contributed by atoms with Crippen LogP contribution in [0.25, 0.3) is 0 Å². The van der Waals surface area contributed by atoms with Crippen LogP contribution < -0.4 is 9.64 Å². The lowest BCUT2D eigenvalue weighted by Crippen LogP contribution is -2.40. The molecule has 7 atom stereocenters. The summed E-state index contributed by atoms with van der Waals surface area (Å²) in [6, 6.07) is 15.9. The average Bonchev–Trinajstić information content (AvgIpc) is 3.58. The van der Waals surface area contributed by atoms with Crippen LogP contribution in [0.4, 0.5) is 5.69 Å². The maximum absolute atomic E-state index is 13.2. The number of hydrogen-bond donors (Lipinski definition) is 0. The third-order valence-corrected chi connectivity index (χ3v) is 7.50. The van der Waals surface area contributed by atoms with Crippen LogP contribution in [0, 0.1) is 35.5 Å². The molecule has 4 aliphatic carbocycles. The molecule has 0 radical (unpaired) electrons. The summed E-state index contributed by atoms with van der Waals surface area (Å²) in [7, 11) is 0. The Morgan fingerprint density at radius 1 is 0.903 bits per heavy atom. The predicted molar refractivity (Wildman–Crippen MR) is 114 cm³/mol. The molecule has 5 heteroatoms. The number of imide groups is 1. The molecule has 2 aromatic carbocycles. The van der Waals surface area contributed by atoms with Gasteiger partial charge in [0.1, 0.15) is 5.75 Å². The highest BCUT2D eigenvalue weighted by atomic mass is 16.5. The molecule has 0 unspecified atom stereocenters. The Morgan fingerprint density at radius 3 is 2.06 bits per heavy atom. The lowest BCUT2D eigenvalue weighted by atomic mass is 9.63. The van der Waals surface area contributed by atoms with E-state index in [0.717, 1.165) is 6.42 Å². The van der Waals surface area contributed by atoms with Crippen LogP contribution in [0.5, 0.6) is 5.75 Å². The molecule has 1 heterocycles. The van der Waals surface area contributed by atoms with Gasteiger partial charge in [0.15, 0.2) is 6.10 Å². The van der Waals surface area contributed by atoms with E-state index in [2.05, 4.69) is 12.2 Å². The first-order valence-corrected chi connectivity index (χ1v) is 11.0. The van der Waals surface area contributed by atoms with Gasteiger partial charge in [-0.2, -0.15) is 0 Å². The summed E-state index contributed by atoms with van der Waals surface area (Å²) in [6.07, 6.45) is 4.87. The smallest absolute Gasteiger partial charge is 0.238 e. The molecule has 156 valence electrons. The van der Waals surface area contributed by atoms with Crippen molar-refractivity contribution >= 4 is 23.3 Å². The zero-order chi connectivity index (χ0) is 21.3. The first-order chi connectivity index (χ1) is 15.0. The standard InChI is InChI=1S/C26H23NO4/c1-14(24(28)15-5-3-2-4-6-15)31-17-9-7-16(8-10-17)27-25(29)22-18-11-12-19(21-13-20(18)21)23(22)26(27)30/h2-12,14,18-23H,13H2,1H3/t14-,18+,19+,20+,21+,22-,23+/m0/s1. The fourth-order valence-corrected chi connectivity index (χ4v) is 5.98. The Kier molecular flexibility index (Phi) is 3.98. The highest BCUT2D eigenvalue weighted by molar-refractivity contribution is 6.22. The summed E-state index contributed by atoms with van der Waals surface area (Å²) < 4.78 is 5.81. The van der Waals surface area contributed by atoms with Crippen molar-refractivity contribution in [2.24, 2.45) is 35.5 Å². The first kappa shape index (κ1) is 18.6. The van der Waals surface area contributed by atoms with Crippen molar-refractivity contribution in [2.45, 2.75) is 19.4 Å². The highest BCUT2D eigenvalue weighted by Gasteiger charge is 2.67. The molecule has 2 aromatic rings.